The molecule has 1 atom stereocenters. The molecule has 0 radical (unpaired) electrons. The van der Waals surface area contributed by atoms with E-state index in [-0.39, 0.29) is 19.9 Å². The molecule has 0 spiro atoms. The van der Waals surface area contributed by atoms with Gasteiger partial charge in [0, 0.05) is 0 Å². The summed E-state index contributed by atoms with van der Waals surface area (Å²) >= 11 is 10.6. The summed E-state index contributed by atoms with van der Waals surface area (Å²) in [5.74, 6) is 0.852. The van der Waals surface area contributed by atoms with E-state index in [1.807, 2.05) is 12.1 Å². The second-order valence-electron chi connectivity index (χ2n) is 17.6. The summed E-state index contributed by atoms with van der Waals surface area (Å²) in [7, 11) is 0. The van der Waals surface area contributed by atoms with Crippen molar-refractivity contribution in [2.75, 3.05) is 0 Å². The molecule has 254 valence electrons. The Morgan fingerprint density at radius 1 is 0.612 bits per heavy atom. The molecule has 6 rings (SSSR count). The third kappa shape index (κ3) is 7.25. The Morgan fingerprint density at radius 2 is 1.08 bits per heavy atom. The van der Waals surface area contributed by atoms with Crippen LogP contribution in [0, 0.1) is 17.3 Å². The summed E-state index contributed by atoms with van der Waals surface area (Å²) in [4.78, 5) is 0. The second kappa shape index (κ2) is 13.3. The first-order valence-corrected chi connectivity index (χ1v) is 22.5. The zero-order valence-electron chi connectivity index (χ0n) is 31.2. The van der Waals surface area contributed by atoms with Crippen LogP contribution in [0.15, 0.2) is 106 Å². The minimum atomic E-state index is -3.11. The molecule has 4 aromatic rings. The molecule has 0 nitrogen and oxygen atoms in total. The summed E-state index contributed by atoms with van der Waals surface area (Å²) in [6.07, 6.45) is 5.26. The Balaban J connectivity index is 1.83. The second-order valence-corrected chi connectivity index (χ2v) is 24.6. The predicted octanol–water partition coefficient (Wildman–Crippen LogP) is 13.7. The van der Waals surface area contributed by atoms with E-state index in [1.165, 1.54) is 53.3 Å². The molecule has 0 saturated heterocycles. The van der Waals surface area contributed by atoms with Gasteiger partial charge >= 0.3 is 316 Å². The van der Waals surface area contributed by atoms with E-state index in [0.29, 0.717) is 11.8 Å². The van der Waals surface area contributed by atoms with Crippen molar-refractivity contribution in [3.05, 3.63) is 149 Å². The normalized spacial score (nSPS) is 16.4. The summed E-state index contributed by atoms with van der Waals surface area (Å²) in [6, 6.07) is 31.9. The molecule has 1 unspecified atom stereocenters. The van der Waals surface area contributed by atoms with E-state index in [2.05, 4.69) is 161 Å². The molecule has 2 aliphatic rings. The van der Waals surface area contributed by atoms with E-state index in [0.717, 1.165) is 10.0 Å². The number of hydrogen-bond donors (Lipinski definition) is 0. The van der Waals surface area contributed by atoms with Crippen LogP contribution in [0.2, 0.25) is 10.0 Å². The van der Waals surface area contributed by atoms with Crippen molar-refractivity contribution in [3.8, 4) is 11.1 Å². The maximum atomic E-state index is 6.86. The fraction of sp³-hybridized carbons (Fsp3) is 0.370. The molecular formula is C46H52Cl2Zr. The molecule has 0 saturated carbocycles. The van der Waals surface area contributed by atoms with Gasteiger partial charge in [-0.3, -0.25) is 0 Å². The molecular weight excluding hydrogens is 715 g/mol. The number of allylic oxidation sites excluding steroid dienone is 4. The quantitative estimate of drug-likeness (QED) is 0.190. The third-order valence-electron chi connectivity index (χ3n) is 10.5. The van der Waals surface area contributed by atoms with Crippen LogP contribution in [-0.4, -0.2) is 3.21 Å². The number of halogens is 2. The summed E-state index contributed by atoms with van der Waals surface area (Å²) in [5.41, 5.74) is 12.6. The average molecular weight is 767 g/mol. The van der Waals surface area contributed by atoms with Crippen molar-refractivity contribution in [3.63, 3.8) is 0 Å². The van der Waals surface area contributed by atoms with Crippen LogP contribution in [0.3, 0.4) is 0 Å². The molecule has 0 fully saturated rings. The van der Waals surface area contributed by atoms with Crippen molar-refractivity contribution < 1.29 is 21.3 Å². The van der Waals surface area contributed by atoms with Gasteiger partial charge in [-0.1, -0.05) is 0 Å². The first kappa shape index (κ1) is 36.5. The Hall–Kier alpha value is -2.31. The molecule has 0 heterocycles. The molecule has 0 bridgehead atoms. The molecule has 49 heavy (non-hydrogen) atoms. The SMILES string of the molecule is CC(C)C1C=C(C(C)(C)C)C=[C]1[Zr](=[C](c1cccc(Cl)c1)c1cccc(Cl)c1)[CH]1c2cc(C(C)(C)C)ccc2-c2ccc(C(C)(C)C)cc21. The predicted molar refractivity (Wildman–Crippen MR) is 211 cm³/mol. The van der Waals surface area contributed by atoms with Gasteiger partial charge in [-0.25, -0.2) is 0 Å². The van der Waals surface area contributed by atoms with E-state index in [4.69, 9.17) is 23.2 Å². The van der Waals surface area contributed by atoms with Gasteiger partial charge in [0.1, 0.15) is 0 Å². The van der Waals surface area contributed by atoms with Gasteiger partial charge in [0.2, 0.25) is 0 Å². The van der Waals surface area contributed by atoms with Gasteiger partial charge < -0.3 is 0 Å². The fourth-order valence-electron chi connectivity index (χ4n) is 7.60. The van der Waals surface area contributed by atoms with E-state index >= 15 is 0 Å². The van der Waals surface area contributed by atoms with Crippen LogP contribution < -0.4 is 0 Å². The van der Waals surface area contributed by atoms with E-state index in [9.17, 15) is 0 Å². The molecule has 0 aliphatic heterocycles. The Kier molecular flexibility index (Phi) is 9.94. The zero-order valence-corrected chi connectivity index (χ0v) is 35.2. The molecule has 4 aromatic carbocycles. The van der Waals surface area contributed by atoms with Gasteiger partial charge in [0.15, 0.2) is 0 Å². The van der Waals surface area contributed by atoms with Gasteiger partial charge in [0.25, 0.3) is 0 Å². The minimum absolute atomic E-state index is 0.0367. The Morgan fingerprint density at radius 3 is 1.47 bits per heavy atom. The van der Waals surface area contributed by atoms with E-state index in [1.54, 1.807) is 3.28 Å². The fourth-order valence-corrected chi connectivity index (χ4v) is 17.9. The summed E-state index contributed by atoms with van der Waals surface area (Å²) in [5, 5.41) is 1.54. The van der Waals surface area contributed by atoms with Gasteiger partial charge in [-0.2, -0.15) is 0 Å². The van der Waals surface area contributed by atoms with Crippen LogP contribution in [0.4, 0.5) is 0 Å². The first-order chi connectivity index (χ1) is 22.8. The molecule has 0 aromatic heterocycles. The van der Waals surface area contributed by atoms with Crippen LogP contribution in [0.25, 0.3) is 11.1 Å². The van der Waals surface area contributed by atoms with Crippen molar-refractivity contribution in [1.29, 1.82) is 0 Å². The van der Waals surface area contributed by atoms with Crippen molar-refractivity contribution in [2.45, 2.75) is 90.6 Å². The Labute approximate surface area is 313 Å². The van der Waals surface area contributed by atoms with Crippen LogP contribution in [0.1, 0.15) is 113 Å². The standard InChI is InChI=1S/C21H25.C13H8Cl2.C12H19.Zr/c1-20(2,3)16-7-9-18-14(12-16)11-15-13-17(21(4,5)6)8-10-19(15)18;14-12-5-1-3-10(8-12)7-11-4-2-6-13(15)9-11;1-9(2)10-6-7-11(8-10)12(3,4)5;/h7-13H,1-6H3;1-6,8-9H;7-10H,1-5H3;. The van der Waals surface area contributed by atoms with Gasteiger partial charge in [-0.05, 0) is 0 Å². The van der Waals surface area contributed by atoms with Crippen molar-refractivity contribution in [2.24, 2.45) is 17.3 Å². The molecule has 2 aliphatic carbocycles. The average Bonchev–Trinajstić information content (AvgIpc) is 3.59. The van der Waals surface area contributed by atoms with Crippen LogP contribution in [-0.2, 0) is 32.1 Å². The van der Waals surface area contributed by atoms with Gasteiger partial charge in [0.05, 0.1) is 0 Å². The molecule has 3 heteroatoms. The molecule has 0 amide bonds. The topological polar surface area (TPSA) is 0 Å². The summed E-state index contributed by atoms with van der Waals surface area (Å²) in [6.45, 7) is 25.9. The number of rotatable bonds is 5. The zero-order chi connectivity index (χ0) is 35.6. The first-order valence-electron chi connectivity index (χ1n) is 17.8. The van der Waals surface area contributed by atoms with Crippen molar-refractivity contribution >= 4 is 26.4 Å². The van der Waals surface area contributed by atoms with Crippen LogP contribution >= 0.6 is 23.2 Å². The number of benzene rings is 4. The number of hydrogen-bond acceptors (Lipinski definition) is 0. The summed E-state index contributed by atoms with van der Waals surface area (Å²) < 4.78 is 3.42. The number of fused-ring (bicyclic) bond motifs is 3. The van der Waals surface area contributed by atoms with E-state index < -0.39 is 21.3 Å². The molecule has 0 N–H and O–H groups in total. The Bertz CT molecular complexity index is 1910. The van der Waals surface area contributed by atoms with Crippen molar-refractivity contribution in [1.82, 2.24) is 0 Å². The maximum absolute atomic E-state index is 6.86. The van der Waals surface area contributed by atoms with Crippen LogP contribution in [0.5, 0.6) is 0 Å². The third-order valence-corrected chi connectivity index (χ3v) is 19.3. The monoisotopic (exact) mass is 764 g/mol. The van der Waals surface area contributed by atoms with Gasteiger partial charge in [-0.15, -0.1) is 0 Å².